The van der Waals surface area contributed by atoms with Crippen LogP contribution in [0.15, 0.2) is 60.8 Å². The van der Waals surface area contributed by atoms with Crippen LogP contribution in [0.5, 0.6) is 0 Å². The maximum Gasteiger partial charge on any atom is 0.170 e. The summed E-state index contributed by atoms with van der Waals surface area (Å²) in [6.07, 6.45) is 2.76. The number of ether oxygens (including phenoxy) is 1. The van der Waals surface area contributed by atoms with Gasteiger partial charge >= 0.3 is 0 Å². The number of aromatic nitrogens is 2. The molecule has 156 valence electrons. The zero-order chi connectivity index (χ0) is 21.1. The molecule has 1 saturated heterocycles. The van der Waals surface area contributed by atoms with Gasteiger partial charge in [-0.3, -0.25) is 4.98 Å². The van der Waals surface area contributed by atoms with Crippen LogP contribution in [-0.2, 0) is 4.74 Å². The number of aryl methyl sites for hydroxylation is 1. The first kappa shape index (κ1) is 20.6. The molecule has 0 radical (unpaired) electrons. The Kier molecular flexibility index (Phi) is 6.16. The molecule has 1 aliphatic rings. The van der Waals surface area contributed by atoms with E-state index in [0.29, 0.717) is 6.61 Å². The smallest absolute Gasteiger partial charge is 0.170 e. The van der Waals surface area contributed by atoms with Gasteiger partial charge in [0.1, 0.15) is 0 Å². The van der Waals surface area contributed by atoms with E-state index in [1.54, 1.807) is 7.11 Å². The Labute approximate surface area is 183 Å². The molecule has 0 aliphatic carbocycles. The molecule has 0 unspecified atom stereocenters. The average molecular weight is 421 g/mol. The molecule has 0 amide bonds. The number of rotatable bonds is 7. The highest BCUT2D eigenvalue weighted by Crippen LogP contribution is 2.41. The molecule has 3 heterocycles. The minimum atomic E-state index is 0.00553. The van der Waals surface area contributed by atoms with Gasteiger partial charge in [-0.15, -0.1) is 0 Å². The van der Waals surface area contributed by atoms with Gasteiger partial charge in [0.25, 0.3) is 0 Å². The summed E-state index contributed by atoms with van der Waals surface area (Å²) in [6.45, 7) is 5.90. The number of para-hydroxylation sites is 1. The number of nitrogens with one attached hydrogen (secondary N) is 1. The van der Waals surface area contributed by atoms with Crippen molar-refractivity contribution in [2.75, 3.05) is 20.3 Å². The summed E-state index contributed by atoms with van der Waals surface area (Å²) in [6, 6.07) is 18.9. The van der Waals surface area contributed by atoms with Gasteiger partial charge in [-0.25, -0.2) is 0 Å². The Morgan fingerprint density at radius 3 is 2.57 bits per heavy atom. The number of pyridine rings is 1. The van der Waals surface area contributed by atoms with Crippen LogP contribution in [0, 0.1) is 13.8 Å². The first-order valence-corrected chi connectivity index (χ1v) is 10.7. The minimum absolute atomic E-state index is 0.00553. The summed E-state index contributed by atoms with van der Waals surface area (Å²) in [4.78, 5) is 6.94. The highest BCUT2D eigenvalue weighted by atomic mass is 32.1. The molecule has 1 aliphatic heterocycles. The summed E-state index contributed by atoms with van der Waals surface area (Å²) >= 11 is 5.76. The van der Waals surface area contributed by atoms with Crippen molar-refractivity contribution in [3.63, 3.8) is 0 Å². The molecule has 4 rings (SSSR count). The fourth-order valence-electron chi connectivity index (χ4n) is 4.43. The van der Waals surface area contributed by atoms with Crippen LogP contribution in [0.3, 0.4) is 0 Å². The molecule has 3 aromatic rings. The fourth-order valence-corrected chi connectivity index (χ4v) is 4.76. The zero-order valence-electron chi connectivity index (χ0n) is 17.7. The molecule has 0 saturated carbocycles. The van der Waals surface area contributed by atoms with Gasteiger partial charge in [0.05, 0.1) is 17.8 Å². The molecule has 1 fully saturated rings. The number of benzene rings is 1. The van der Waals surface area contributed by atoms with Crippen LogP contribution in [-0.4, -0.2) is 39.8 Å². The second-order valence-electron chi connectivity index (χ2n) is 7.66. The van der Waals surface area contributed by atoms with E-state index in [1.165, 1.54) is 22.6 Å². The Morgan fingerprint density at radius 1 is 1.10 bits per heavy atom. The first-order valence-electron chi connectivity index (χ1n) is 10.3. The quantitative estimate of drug-likeness (QED) is 0.450. The number of hydrogen-bond donors (Lipinski definition) is 1. The van der Waals surface area contributed by atoms with Crippen molar-refractivity contribution in [1.82, 2.24) is 19.8 Å². The van der Waals surface area contributed by atoms with Crippen molar-refractivity contribution in [3.8, 4) is 5.69 Å². The van der Waals surface area contributed by atoms with Crippen molar-refractivity contribution in [2.24, 2.45) is 0 Å². The molecule has 2 aromatic heterocycles. The minimum Gasteiger partial charge on any atom is -0.385 e. The summed E-state index contributed by atoms with van der Waals surface area (Å²) < 4.78 is 7.61. The van der Waals surface area contributed by atoms with E-state index < -0.39 is 0 Å². The topological polar surface area (TPSA) is 42.3 Å². The highest BCUT2D eigenvalue weighted by molar-refractivity contribution is 7.80. The number of hydrogen-bond acceptors (Lipinski definition) is 3. The number of nitrogens with zero attached hydrogens (tertiary/aromatic N) is 3. The van der Waals surface area contributed by atoms with Crippen LogP contribution >= 0.6 is 12.2 Å². The van der Waals surface area contributed by atoms with E-state index >= 15 is 0 Å². The summed E-state index contributed by atoms with van der Waals surface area (Å²) in [5.41, 5.74) is 5.89. The van der Waals surface area contributed by atoms with Gasteiger partial charge in [-0.1, -0.05) is 24.3 Å². The monoisotopic (exact) mass is 420 g/mol. The van der Waals surface area contributed by atoms with E-state index in [9.17, 15) is 0 Å². The van der Waals surface area contributed by atoms with Gasteiger partial charge in [-0.2, -0.15) is 0 Å². The van der Waals surface area contributed by atoms with Crippen molar-refractivity contribution < 1.29 is 4.74 Å². The van der Waals surface area contributed by atoms with E-state index in [1.807, 2.05) is 24.4 Å². The lowest BCUT2D eigenvalue weighted by atomic mass is 9.96. The van der Waals surface area contributed by atoms with Gasteiger partial charge in [0.15, 0.2) is 5.11 Å². The Bertz CT molecular complexity index is 1000. The fraction of sp³-hybridized carbons (Fsp3) is 0.333. The van der Waals surface area contributed by atoms with Crippen molar-refractivity contribution in [2.45, 2.75) is 32.4 Å². The van der Waals surface area contributed by atoms with Gasteiger partial charge < -0.3 is 19.5 Å². The maximum absolute atomic E-state index is 5.76. The molecule has 1 N–H and O–H groups in total. The first-order chi connectivity index (χ1) is 14.6. The molecule has 2 atom stereocenters. The average Bonchev–Trinajstić information content (AvgIpc) is 3.25. The predicted octanol–water partition coefficient (Wildman–Crippen LogP) is 4.50. The Morgan fingerprint density at radius 2 is 1.87 bits per heavy atom. The molecule has 30 heavy (non-hydrogen) atoms. The standard InChI is InChI=1S/C24H28N4OS/c1-17-16-20(18(2)28(17)19-10-5-4-6-11-19)23-22(21-12-7-8-13-25-21)26-24(30)27(23)14-9-15-29-3/h4-8,10-13,16,22-23H,9,14-15H2,1-3H3,(H,26,30)/t22-,23-/m1/s1. The highest BCUT2D eigenvalue weighted by Gasteiger charge is 2.41. The molecular weight excluding hydrogens is 392 g/mol. The normalized spacial score (nSPS) is 18.6. The lowest BCUT2D eigenvalue weighted by Gasteiger charge is -2.28. The molecular formula is C24H28N4OS. The maximum atomic E-state index is 5.76. The second-order valence-corrected chi connectivity index (χ2v) is 8.05. The Hall–Kier alpha value is -2.70. The summed E-state index contributed by atoms with van der Waals surface area (Å²) in [5, 5.41) is 4.31. The van der Waals surface area contributed by atoms with Crippen LogP contribution in [0.25, 0.3) is 5.69 Å². The van der Waals surface area contributed by atoms with Gasteiger partial charge in [0.2, 0.25) is 0 Å². The molecule has 5 nitrogen and oxygen atoms in total. The van der Waals surface area contributed by atoms with Crippen LogP contribution in [0.4, 0.5) is 0 Å². The molecule has 1 aromatic carbocycles. The largest absolute Gasteiger partial charge is 0.385 e. The molecule has 0 bridgehead atoms. The second kappa shape index (κ2) is 8.98. The SMILES string of the molecule is COCCCN1C(=S)N[C@H](c2ccccn2)[C@H]1c1cc(C)n(-c2ccccc2)c1C. The zero-order valence-corrected chi connectivity index (χ0v) is 18.5. The predicted molar refractivity (Wildman–Crippen MR) is 124 cm³/mol. The van der Waals surface area contributed by atoms with E-state index in [4.69, 9.17) is 17.0 Å². The lowest BCUT2D eigenvalue weighted by Crippen LogP contribution is -2.31. The number of thiocarbonyl (C=S) groups is 1. The van der Waals surface area contributed by atoms with E-state index in [-0.39, 0.29) is 12.1 Å². The molecule has 0 spiro atoms. The van der Waals surface area contributed by atoms with E-state index in [0.717, 1.165) is 23.8 Å². The third-order valence-corrected chi connectivity index (χ3v) is 6.10. The number of methoxy groups -OCH3 is 1. The third-order valence-electron chi connectivity index (χ3n) is 5.75. The summed E-state index contributed by atoms with van der Waals surface area (Å²) in [7, 11) is 1.74. The summed E-state index contributed by atoms with van der Waals surface area (Å²) in [5.74, 6) is 0. The van der Waals surface area contributed by atoms with E-state index in [2.05, 4.69) is 70.0 Å². The third kappa shape index (κ3) is 3.85. The van der Waals surface area contributed by atoms with Gasteiger partial charge in [-0.05, 0) is 68.4 Å². The van der Waals surface area contributed by atoms with Crippen LogP contribution in [0.1, 0.15) is 41.1 Å². The van der Waals surface area contributed by atoms with Crippen molar-refractivity contribution in [3.05, 3.63) is 83.4 Å². The lowest BCUT2D eigenvalue weighted by molar-refractivity contribution is 0.180. The Balaban J connectivity index is 1.78. The molecule has 6 heteroatoms. The van der Waals surface area contributed by atoms with Crippen LogP contribution < -0.4 is 5.32 Å². The van der Waals surface area contributed by atoms with Crippen molar-refractivity contribution in [1.29, 1.82) is 0 Å². The van der Waals surface area contributed by atoms with Gasteiger partial charge in [0, 0.05) is 43.5 Å². The van der Waals surface area contributed by atoms with Crippen LogP contribution in [0.2, 0.25) is 0 Å². The van der Waals surface area contributed by atoms with Crippen molar-refractivity contribution >= 4 is 17.3 Å².